The second kappa shape index (κ2) is 5.25. The normalized spacial score (nSPS) is 52.3. The van der Waals surface area contributed by atoms with Crippen LogP contribution in [0.2, 0.25) is 0 Å². The van der Waals surface area contributed by atoms with Crippen molar-refractivity contribution < 1.29 is 19.5 Å². The molecular formula is C21H30O4. The number of hydrogen-bond donors (Lipinski definition) is 1. The number of hydrogen-bond acceptors (Lipinski definition) is 4. The van der Waals surface area contributed by atoms with E-state index in [1.165, 1.54) is 6.92 Å². The summed E-state index contributed by atoms with van der Waals surface area (Å²) in [5.74, 6) is 1.22. The third-order valence-corrected chi connectivity index (χ3v) is 8.90. The summed E-state index contributed by atoms with van der Waals surface area (Å²) in [4.78, 5) is 37.5. The van der Waals surface area contributed by atoms with Gasteiger partial charge in [0.15, 0.2) is 5.78 Å². The van der Waals surface area contributed by atoms with Gasteiger partial charge in [-0.1, -0.05) is 13.8 Å². The lowest BCUT2D eigenvalue weighted by Gasteiger charge is -2.59. The van der Waals surface area contributed by atoms with Gasteiger partial charge in [-0.2, -0.15) is 0 Å². The Bertz CT molecular complexity index is 654. The predicted octanol–water partition coefficient (Wildman–Crippen LogP) is 3.10. The molecule has 0 aromatic rings. The number of Topliss-reactive ketones (excluding diaryl/α,β-unsaturated/α-hetero) is 3. The van der Waals surface area contributed by atoms with Crippen molar-refractivity contribution in [1.29, 1.82) is 0 Å². The van der Waals surface area contributed by atoms with E-state index in [2.05, 4.69) is 6.92 Å². The number of ketones is 3. The van der Waals surface area contributed by atoms with Crippen molar-refractivity contribution >= 4 is 17.3 Å². The van der Waals surface area contributed by atoms with Gasteiger partial charge in [0.2, 0.25) is 0 Å². The summed E-state index contributed by atoms with van der Waals surface area (Å²) in [5, 5.41) is 11.1. The third kappa shape index (κ3) is 2.06. The van der Waals surface area contributed by atoms with E-state index < -0.39 is 11.0 Å². The monoisotopic (exact) mass is 346 g/mol. The zero-order valence-electron chi connectivity index (χ0n) is 15.6. The molecule has 4 saturated carbocycles. The van der Waals surface area contributed by atoms with Gasteiger partial charge in [-0.25, -0.2) is 0 Å². The van der Waals surface area contributed by atoms with E-state index in [1.54, 1.807) is 0 Å². The number of carbonyl (C=O) groups excluding carboxylic acids is 3. The van der Waals surface area contributed by atoms with Gasteiger partial charge in [0.25, 0.3) is 0 Å². The first-order valence-corrected chi connectivity index (χ1v) is 9.91. The molecule has 138 valence electrons. The van der Waals surface area contributed by atoms with Gasteiger partial charge in [-0.05, 0) is 62.2 Å². The molecule has 0 aliphatic heterocycles. The molecule has 0 spiro atoms. The van der Waals surface area contributed by atoms with Crippen molar-refractivity contribution in [2.24, 2.45) is 34.5 Å². The van der Waals surface area contributed by atoms with Gasteiger partial charge in [0, 0.05) is 30.6 Å². The Morgan fingerprint density at radius 3 is 2.52 bits per heavy atom. The number of rotatable bonds is 1. The van der Waals surface area contributed by atoms with E-state index in [0.717, 1.165) is 25.7 Å². The topological polar surface area (TPSA) is 71.4 Å². The first-order chi connectivity index (χ1) is 11.6. The molecule has 4 rings (SSSR count). The standard InChI is InChI=1S/C21H30O4/c1-12(22)21(25)9-7-16-15-5-4-13-10-14(23)6-8-19(13,2)18(15)17(24)11-20(16,21)3/h13,15-16,18,25H,4-11H2,1-3H3/t13-,15-,16-,18+,19-,20-,21+/m0/s1. The van der Waals surface area contributed by atoms with Crippen LogP contribution < -0.4 is 0 Å². The summed E-state index contributed by atoms with van der Waals surface area (Å²) in [6, 6.07) is 0. The molecule has 4 aliphatic carbocycles. The summed E-state index contributed by atoms with van der Waals surface area (Å²) < 4.78 is 0. The first kappa shape index (κ1) is 17.4. The second-order valence-electron chi connectivity index (χ2n) is 9.79. The van der Waals surface area contributed by atoms with Crippen molar-refractivity contribution in [1.82, 2.24) is 0 Å². The fourth-order valence-electron chi connectivity index (χ4n) is 7.44. The van der Waals surface area contributed by atoms with E-state index in [4.69, 9.17) is 0 Å². The Morgan fingerprint density at radius 1 is 1.12 bits per heavy atom. The highest BCUT2D eigenvalue weighted by atomic mass is 16.3. The van der Waals surface area contributed by atoms with Gasteiger partial charge in [0.05, 0.1) is 0 Å². The van der Waals surface area contributed by atoms with Crippen LogP contribution in [-0.4, -0.2) is 28.1 Å². The number of carbonyl (C=O) groups is 3. The maximum absolute atomic E-state index is 13.3. The molecule has 4 nitrogen and oxygen atoms in total. The highest BCUT2D eigenvalue weighted by molar-refractivity contribution is 5.90. The Labute approximate surface area is 149 Å². The Balaban J connectivity index is 1.72. The zero-order chi connectivity index (χ0) is 18.2. The van der Waals surface area contributed by atoms with Crippen LogP contribution in [0.15, 0.2) is 0 Å². The van der Waals surface area contributed by atoms with Crippen LogP contribution in [0.3, 0.4) is 0 Å². The van der Waals surface area contributed by atoms with Gasteiger partial charge >= 0.3 is 0 Å². The van der Waals surface area contributed by atoms with E-state index in [-0.39, 0.29) is 34.7 Å². The van der Waals surface area contributed by atoms with Gasteiger partial charge in [-0.3, -0.25) is 14.4 Å². The van der Waals surface area contributed by atoms with E-state index in [9.17, 15) is 19.5 Å². The van der Waals surface area contributed by atoms with Crippen LogP contribution in [-0.2, 0) is 14.4 Å². The van der Waals surface area contributed by atoms with Crippen LogP contribution in [0.5, 0.6) is 0 Å². The summed E-state index contributed by atoms with van der Waals surface area (Å²) in [6.07, 6.45) is 5.64. The molecule has 1 N–H and O–H groups in total. The minimum Gasteiger partial charge on any atom is -0.381 e. The molecule has 25 heavy (non-hydrogen) atoms. The van der Waals surface area contributed by atoms with Crippen LogP contribution in [0.1, 0.15) is 72.1 Å². The minimum absolute atomic E-state index is 0.00623. The lowest BCUT2D eigenvalue weighted by Crippen LogP contribution is -2.61. The van der Waals surface area contributed by atoms with Crippen molar-refractivity contribution in [3.8, 4) is 0 Å². The quantitative estimate of drug-likeness (QED) is 0.792. The molecule has 0 aromatic heterocycles. The molecule has 4 heteroatoms. The fraction of sp³-hybridized carbons (Fsp3) is 0.857. The number of fused-ring (bicyclic) bond motifs is 5. The Hall–Kier alpha value is -1.03. The van der Waals surface area contributed by atoms with Gasteiger partial charge in [-0.15, -0.1) is 0 Å². The van der Waals surface area contributed by atoms with Crippen LogP contribution in [0, 0.1) is 34.5 Å². The Kier molecular flexibility index (Phi) is 3.65. The van der Waals surface area contributed by atoms with E-state index in [1.807, 2.05) is 6.92 Å². The largest absolute Gasteiger partial charge is 0.381 e. The summed E-state index contributed by atoms with van der Waals surface area (Å²) in [7, 11) is 0. The van der Waals surface area contributed by atoms with E-state index >= 15 is 0 Å². The zero-order valence-corrected chi connectivity index (χ0v) is 15.6. The highest BCUT2D eigenvalue weighted by Crippen LogP contribution is 2.67. The molecule has 0 radical (unpaired) electrons. The number of aliphatic hydroxyl groups is 1. The molecule has 0 amide bonds. The SMILES string of the molecule is CC(=O)[C@]1(O)CC[C@H]2[C@@H]3CC[C@H]4CC(=O)CC[C@]4(C)[C@H]3C(=O)C[C@@]21C. The average Bonchev–Trinajstić information content (AvgIpc) is 2.80. The maximum atomic E-state index is 13.3. The molecule has 0 unspecified atom stereocenters. The Morgan fingerprint density at radius 2 is 1.84 bits per heavy atom. The third-order valence-electron chi connectivity index (χ3n) is 8.90. The van der Waals surface area contributed by atoms with E-state index in [0.29, 0.717) is 37.4 Å². The molecule has 0 heterocycles. The van der Waals surface area contributed by atoms with Gasteiger partial charge in [0.1, 0.15) is 17.2 Å². The van der Waals surface area contributed by atoms with Crippen LogP contribution in [0.25, 0.3) is 0 Å². The lowest BCUT2D eigenvalue weighted by atomic mass is 9.44. The molecule has 0 aromatic carbocycles. The van der Waals surface area contributed by atoms with Crippen molar-refractivity contribution in [2.75, 3.05) is 0 Å². The van der Waals surface area contributed by atoms with Crippen molar-refractivity contribution in [3.05, 3.63) is 0 Å². The smallest absolute Gasteiger partial charge is 0.161 e. The first-order valence-electron chi connectivity index (χ1n) is 9.91. The maximum Gasteiger partial charge on any atom is 0.161 e. The van der Waals surface area contributed by atoms with Crippen molar-refractivity contribution in [2.45, 2.75) is 77.7 Å². The highest BCUT2D eigenvalue weighted by Gasteiger charge is 2.68. The molecule has 0 saturated heterocycles. The predicted molar refractivity (Wildman–Crippen MR) is 92.8 cm³/mol. The summed E-state index contributed by atoms with van der Waals surface area (Å²) in [6.45, 7) is 5.67. The van der Waals surface area contributed by atoms with Crippen LogP contribution in [0.4, 0.5) is 0 Å². The fourth-order valence-corrected chi connectivity index (χ4v) is 7.44. The molecular weight excluding hydrogens is 316 g/mol. The van der Waals surface area contributed by atoms with Crippen LogP contribution >= 0.6 is 0 Å². The lowest BCUT2D eigenvalue weighted by molar-refractivity contribution is -0.176. The van der Waals surface area contributed by atoms with Crippen molar-refractivity contribution in [3.63, 3.8) is 0 Å². The molecule has 7 atom stereocenters. The minimum atomic E-state index is -1.35. The molecule has 0 bridgehead atoms. The van der Waals surface area contributed by atoms with Gasteiger partial charge < -0.3 is 5.11 Å². The molecule has 4 aliphatic rings. The average molecular weight is 346 g/mol. The second-order valence-corrected chi connectivity index (χ2v) is 9.79. The molecule has 4 fully saturated rings. The summed E-state index contributed by atoms with van der Waals surface area (Å²) >= 11 is 0. The summed E-state index contributed by atoms with van der Waals surface area (Å²) in [5.41, 5.74) is -2.05.